The molecule has 17 rings (SSSR count). The number of rotatable bonds is 5. The van der Waals surface area contributed by atoms with Crippen molar-refractivity contribution in [2.45, 2.75) is 268 Å². The highest BCUT2D eigenvalue weighted by Crippen LogP contribution is 2.74. The summed E-state index contributed by atoms with van der Waals surface area (Å²) in [6, 6.07) is 11.4. The fourth-order valence-corrected chi connectivity index (χ4v) is 27.5. The first-order valence-corrected chi connectivity index (χ1v) is 40.0. The highest BCUT2D eigenvalue weighted by Gasteiger charge is 2.71. The summed E-state index contributed by atoms with van der Waals surface area (Å²) < 4.78 is 15.6. The zero-order valence-electron chi connectivity index (χ0n) is 61.2. The van der Waals surface area contributed by atoms with Crippen LogP contribution in [0.3, 0.4) is 0 Å². The van der Waals surface area contributed by atoms with Crippen LogP contribution >= 0.6 is 0 Å². The third kappa shape index (κ3) is 11.6. The highest BCUT2D eigenvalue weighted by molar-refractivity contribution is 5.75. The summed E-state index contributed by atoms with van der Waals surface area (Å²) in [5.41, 5.74) is 6.94. The Morgan fingerprint density at radius 1 is 0.410 bits per heavy atom. The molecule has 18 nitrogen and oxygen atoms in total. The maximum absolute atomic E-state index is 12.8. The number of nitrogens with two attached hydrogens (primary N) is 1. The average molecular weight is 1380 g/mol. The van der Waals surface area contributed by atoms with Crippen molar-refractivity contribution in [2.24, 2.45) is 91.5 Å². The third-order valence-electron chi connectivity index (χ3n) is 33.4. The van der Waals surface area contributed by atoms with Crippen LogP contribution in [0.5, 0.6) is 0 Å². The lowest BCUT2D eigenvalue weighted by molar-refractivity contribution is -0.202. The van der Waals surface area contributed by atoms with Crippen molar-refractivity contribution >= 4 is 12.1 Å². The average Bonchev–Trinajstić information content (AvgIpc) is 1.22. The molecule has 3 aromatic heterocycles. The number of urea groups is 2. The molecule has 0 unspecified atom stereocenters. The second-order valence-electron chi connectivity index (χ2n) is 36.9. The molecule has 3 aromatic rings. The first-order chi connectivity index (χ1) is 47.8. The molecule has 0 bridgehead atoms. The van der Waals surface area contributed by atoms with Crippen LogP contribution in [0.4, 0.5) is 9.59 Å². The van der Waals surface area contributed by atoms with E-state index in [0.29, 0.717) is 58.8 Å². The van der Waals surface area contributed by atoms with Gasteiger partial charge in [0.05, 0.1) is 35.6 Å². The normalized spacial score (nSPS) is 46.0. The van der Waals surface area contributed by atoms with Crippen molar-refractivity contribution in [2.75, 3.05) is 52.4 Å². The molecular weight excluding hydrogens is 1260 g/mol. The Labute approximate surface area is 593 Å². The second kappa shape index (κ2) is 26.6. The number of nitrogens with one attached hydrogen (secondary N) is 4. The molecule has 14 aliphatic rings. The van der Waals surface area contributed by atoms with Crippen molar-refractivity contribution in [3.05, 3.63) is 103 Å². The van der Waals surface area contributed by atoms with E-state index in [9.17, 15) is 39.3 Å². The fraction of sp³-hybridized carbons (Fsp3) is 0.793. The summed E-state index contributed by atoms with van der Waals surface area (Å²) in [7, 11) is 0. The van der Waals surface area contributed by atoms with Gasteiger partial charge in [-0.1, -0.05) is 41.5 Å². The van der Waals surface area contributed by atoms with Gasteiger partial charge >= 0.3 is 28.9 Å². The molecule has 0 spiro atoms. The Morgan fingerprint density at radius 2 is 0.730 bits per heavy atom. The lowest BCUT2D eigenvalue weighted by Gasteiger charge is -2.63. The predicted molar refractivity (Wildman–Crippen MR) is 384 cm³/mol. The zero-order chi connectivity index (χ0) is 70.0. The van der Waals surface area contributed by atoms with Gasteiger partial charge in [-0.05, 0) is 296 Å². The Balaban J connectivity index is 0.000000123. The van der Waals surface area contributed by atoms with Crippen LogP contribution in [0, 0.1) is 85.8 Å². The number of aliphatic hydroxyl groups is 3. The predicted octanol–water partition coefficient (Wildman–Crippen LogP) is 11.9. The van der Waals surface area contributed by atoms with E-state index in [1.54, 1.807) is 18.8 Å². The van der Waals surface area contributed by atoms with Crippen molar-refractivity contribution < 1.29 is 38.2 Å². The number of hydrogen-bond donors (Lipinski definition) is 8. The van der Waals surface area contributed by atoms with E-state index >= 15 is 0 Å². The smallest absolute Gasteiger partial charge is 0.335 e. The molecule has 0 radical (unpaired) electrons. The minimum Gasteiger partial charge on any atom is -0.431 e. The number of carbonyl (C=O) groups is 2. The number of nitrogens with zero attached hydrogens (tertiary/aromatic N) is 2. The SMILES string of the molecule is C[C@]12CC[C@@H](N)C[C@H]1CC[C@@H]1[C@@H]2CC[C@]2(C)[C@@H](c3ccc(=O)oc3)CC[C@]12O.C[C@]12CC[C@@H](NC(=O)N3CCNCC3)C[C@H]1CC[C@@H]1[C@@H]2CC[C@]2(C)[C@@H](c3ccc(=O)oc3)CC[C@]12O.C[C@]12CC[C@@H](NC(=O)N3CCNCC3)C[C@H]1CC[C@@H]1[C@@H]2CC[C@]2(C)[C@@H](c3ccc(=O)oc3)CC[C@]12O. The standard InChI is InChI=1S/2C29H43N3O4.C24H35NO3/c2*1-27-10-7-21(31-26(34)32-15-13-30-14-16-32)17-20(27)4-5-24-23(27)8-11-28(2)22(9-12-29(24,28)35)19-3-6-25(33)36-18-19;1-22-10-7-17(25)13-16(22)4-5-20-19(22)8-11-23(2)18(9-12-24(20,23)27)15-3-6-21(26)28-14-15/h2*3,6,18,20-24,30,35H,4-5,7-17H2,1-2H3,(H,31,34);3,6,14,16-20,27H,4-5,7-13,25H2,1-2H3/t2*20-,21-,22-,23+,24-,27+,28-,29+;16-,17-,18-,19+,20-,22+,23-,24+/m111/s1. The number of carbonyl (C=O) groups excluding carboxylic acids is 2. The van der Waals surface area contributed by atoms with E-state index in [-0.39, 0.29) is 85.9 Å². The van der Waals surface area contributed by atoms with Gasteiger partial charge in [0.25, 0.3) is 0 Å². The number of fused-ring (bicyclic) bond motifs is 15. The Hall–Kier alpha value is -4.85. The Bertz CT molecular complexity index is 3440. The van der Waals surface area contributed by atoms with Gasteiger partial charge in [0, 0.05) is 105 Å². The zero-order valence-corrected chi connectivity index (χ0v) is 61.2. The summed E-state index contributed by atoms with van der Waals surface area (Å²) in [5, 5.41) is 50.4. The molecule has 4 amide bonds. The molecule has 12 aliphatic carbocycles. The summed E-state index contributed by atoms with van der Waals surface area (Å²) in [6.07, 6.45) is 33.7. The van der Waals surface area contributed by atoms with Crippen LogP contribution in [0.1, 0.15) is 249 Å². The maximum Gasteiger partial charge on any atom is 0.335 e. The monoisotopic (exact) mass is 1380 g/mol. The molecule has 0 aromatic carbocycles. The van der Waals surface area contributed by atoms with Crippen LogP contribution in [0.2, 0.25) is 0 Å². The van der Waals surface area contributed by atoms with Crippen LogP contribution in [0.25, 0.3) is 0 Å². The van der Waals surface area contributed by atoms with E-state index in [1.165, 1.54) is 43.9 Å². The number of amides is 4. The first-order valence-electron chi connectivity index (χ1n) is 40.0. The Morgan fingerprint density at radius 3 is 1.05 bits per heavy atom. The summed E-state index contributed by atoms with van der Waals surface area (Å²) in [6.45, 7) is 21.1. The molecule has 100 heavy (non-hydrogen) atoms. The highest BCUT2D eigenvalue weighted by atomic mass is 16.4. The molecule has 2 aliphatic heterocycles. The quantitative estimate of drug-likeness (QED) is 0.118. The van der Waals surface area contributed by atoms with Gasteiger partial charge in [-0.2, -0.15) is 0 Å². The molecule has 9 N–H and O–H groups in total. The largest absolute Gasteiger partial charge is 0.431 e. The minimum absolute atomic E-state index is 0.107. The maximum atomic E-state index is 12.8. The van der Waals surface area contributed by atoms with Crippen molar-refractivity contribution in [3.63, 3.8) is 0 Å². The topological polar surface area (TPSA) is 266 Å². The van der Waals surface area contributed by atoms with Crippen LogP contribution in [0.15, 0.2) is 82.8 Å². The Kier molecular flexibility index (Phi) is 18.9. The van der Waals surface area contributed by atoms with Crippen molar-refractivity contribution in [1.29, 1.82) is 0 Å². The molecule has 14 fully saturated rings. The third-order valence-corrected chi connectivity index (χ3v) is 33.4. The van der Waals surface area contributed by atoms with Gasteiger partial charge in [-0.25, -0.2) is 24.0 Å². The summed E-state index contributed by atoms with van der Waals surface area (Å²) in [4.78, 5) is 64.1. The van der Waals surface area contributed by atoms with Gasteiger partial charge in [-0.15, -0.1) is 0 Å². The van der Waals surface area contributed by atoms with E-state index in [1.807, 2.05) is 28.0 Å². The van der Waals surface area contributed by atoms with Gasteiger partial charge in [0.15, 0.2) is 0 Å². The molecule has 12 saturated carbocycles. The van der Waals surface area contributed by atoms with Crippen LogP contribution in [-0.4, -0.2) is 124 Å². The lowest BCUT2D eigenvalue weighted by Crippen LogP contribution is -2.62. The molecular formula is C82H121N7O11. The second-order valence-corrected chi connectivity index (χ2v) is 36.9. The van der Waals surface area contributed by atoms with Gasteiger partial charge in [-0.3, -0.25) is 0 Å². The number of hydrogen-bond acceptors (Lipinski definition) is 14. The van der Waals surface area contributed by atoms with E-state index in [0.717, 1.165) is 223 Å². The number of piperazine rings is 2. The minimum atomic E-state index is -0.669. The van der Waals surface area contributed by atoms with E-state index in [4.69, 9.17) is 19.0 Å². The fourth-order valence-electron chi connectivity index (χ4n) is 27.5. The van der Waals surface area contributed by atoms with Gasteiger partial charge in [0.1, 0.15) is 0 Å². The van der Waals surface area contributed by atoms with Crippen LogP contribution in [-0.2, 0) is 0 Å². The van der Waals surface area contributed by atoms with Crippen molar-refractivity contribution in [3.8, 4) is 0 Å². The summed E-state index contributed by atoms with van der Waals surface area (Å²) >= 11 is 0. The molecule has 2 saturated heterocycles. The lowest BCUT2D eigenvalue weighted by atomic mass is 9.43. The molecule has 24 atom stereocenters. The van der Waals surface area contributed by atoms with Crippen LogP contribution < -0.4 is 43.9 Å². The van der Waals surface area contributed by atoms with Gasteiger partial charge in [0.2, 0.25) is 0 Å². The molecule has 550 valence electrons. The van der Waals surface area contributed by atoms with E-state index in [2.05, 4.69) is 62.8 Å². The first kappa shape index (κ1) is 70.8. The van der Waals surface area contributed by atoms with E-state index < -0.39 is 16.8 Å². The summed E-state index contributed by atoms with van der Waals surface area (Å²) in [5.74, 6) is 5.40. The van der Waals surface area contributed by atoms with Gasteiger partial charge < -0.3 is 65.4 Å². The molecule has 5 heterocycles. The van der Waals surface area contributed by atoms with Crippen molar-refractivity contribution in [1.82, 2.24) is 31.1 Å². The molecule has 18 heteroatoms.